The van der Waals surface area contributed by atoms with Gasteiger partial charge in [-0.3, -0.25) is 0 Å². The Morgan fingerprint density at radius 3 is 2.46 bits per heavy atom. The lowest BCUT2D eigenvalue weighted by molar-refractivity contribution is 0.552. The van der Waals surface area contributed by atoms with E-state index in [1.54, 1.807) is 23.9 Å². The van der Waals surface area contributed by atoms with Crippen LogP contribution in [0.2, 0.25) is 0 Å². The first kappa shape index (κ1) is 18.6. The predicted molar refractivity (Wildman–Crippen MR) is 103 cm³/mol. The van der Waals surface area contributed by atoms with Crippen LogP contribution in [0.15, 0.2) is 59.8 Å². The maximum absolute atomic E-state index is 13.1. The summed E-state index contributed by atoms with van der Waals surface area (Å²) in [5, 5.41) is 9.57. The summed E-state index contributed by atoms with van der Waals surface area (Å²) in [5.74, 6) is 1.30. The minimum Gasteiger partial charge on any atom is -0.321 e. The van der Waals surface area contributed by atoms with Crippen molar-refractivity contribution in [1.82, 2.24) is 14.8 Å². The van der Waals surface area contributed by atoms with Crippen molar-refractivity contribution in [2.24, 2.45) is 5.73 Å². The number of thioether (sulfide) groups is 1. The Labute approximate surface area is 157 Å². The summed E-state index contributed by atoms with van der Waals surface area (Å²) in [4.78, 5) is 0. The topological polar surface area (TPSA) is 56.7 Å². The molecule has 1 atom stereocenters. The van der Waals surface area contributed by atoms with Gasteiger partial charge in [0.25, 0.3) is 0 Å². The van der Waals surface area contributed by atoms with Gasteiger partial charge in [0.15, 0.2) is 11.0 Å². The second-order valence-corrected chi connectivity index (χ2v) is 7.17. The molecule has 0 aliphatic carbocycles. The van der Waals surface area contributed by atoms with Gasteiger partial charge < -0.3 is 10.3 Å². The lowest BCUT2D eigenvalue weighted by Gasteiger charge is -2.14. The van der Waals surface area contributed by atoms with Crippen LogP contribution < -0.4 is 5.73 Å². The van der Waals surface area contributed by atoms with Crippen LogP contribution in [-0.4, -0.2) is 14.8 Å². The van der Waals surface area contributed by atoms with Crippen LogP contribution in [0.3, 0.4) is 0 Å². The highest BCUT2D eigenvalue weighted by Gasteiger charge is 2.18. The van der Waals surface area contributed by atoms with Crippen molar-refractivity contribution in [2.75, 3.05) is 0 Å². The van der Waals surface area contributed by atoms with E-state index in [1.807, 2.05) is 18.2 Å². The first-order chi connectivity index (χ1) is 12.7. The monoisotopic (exact) mass is 370 g/mol. The Hall–Kier alpha value is -2.18. The summed E-state index contributed by atoms with van der Waals surface area (Å²) in [6, 6.07) is 16.6. The molecule has 6 heteroatoms. The van der Waals surface area contributed by atoms with Gasteiger partial charge in [-0.15, -0.1) is 10.2 Å². The van der Waals surface area contributed by atoms with Gasteiger partial charge in [-0.1, -0.05) is 67.6 Å². The van der Waals surface area contributed by atoms with Crippen LogP contribution >= 0.6 is 11.8 Å². The fraction of sp³-hybridized carbons (Fsp3) is 0.300. The van der Waals surface area contributed by atoms with Gasteiger partial charge in [0.2, 0.25) is 0 Å². The first-order valence-electron chi connectivity index (χ1n) is 8.77. The minimum absolute atomic E-state index is 0.128. The largest absolute Gasteiger partial charge is 0.321 e. The zero-order chi connectivity index (χ0) is 18.4. The number of aromatic nitrogens is 3. The highest BCUT2D eigenvalue weighted by atomic mass is 32.2. The van der Waals surface area contributed by atoms with Crippen molar-refractivity contribution in [3.8, 4) is 0 Å². The number of rotatable bonds is 8. The first-order valence-corrected chi connectivity index (χ1v) is 9.75. The molecule has 3 aromatic rings. The van der Waals surface area contributed by atoms with E-state index in [-0.39, 0.29) is 11.9 Å². The number of hydrogen-bond donors (Lipinski definition) is 1. The summed E-state index contributed by atoms with van der Waals surface area (Å²) < 4.78 is 15.2. The molecule has 26 heavy (non-hydrogen) atoms. The van der Waals surface area contributed by atoms with E-state index in [0.717, 1.165) is 29.4 Å². The molecule has 0 saturated carbocycles. The van der Waals surface area contributed by atoms with Gasteiger partial charge in [-0.05, 0) is 29.7 Å². The second kappa shape index (κ2) is 8.96. The van der Waals surface area contributed by atoms with Crippen molar-refractivity contribution in [3.63, 3.8) is 0 Å². The SMILES string of the molecule is CCCC(N)c1nnc(SCc2ccc(F)cc2)n1Cc1ccccc1. The van der Waals surface area contributed by atoms with Crippen molar-refractivity contribution in [1.29, 1.82) is 0 Å². The van der Waals surface area contributed by atoms with E-state index in [0.29, 0.717) is 12.3 Å². The fourth-order valence-corrected chi connectivity index (χ4v) is 3.67. The van der Waals surface area contributed by atoms with Crippen LogP contribution in [0.25, 0.3) is 0 Å². The lowest BCUT2D eigenvalue weighted by Crippen LogP contribution is -2.17. The van der Waals surface area contributed by atoms with Gasteiger partial charge in [-0.2, -0.15) is 0 Å². The molecule has 0 fully saturated rings. The zero-order valence-electron chi connectivity index (χ0n) is 14.8. The smallest absolute Gasteiger partial charge is 0.191 e. The number of halogens is 1. The Morgan fingerprint density at radius 2 is 1.77 bits per heavy atom. The molecule has 0 aliphatic heterocycles. The maximum atomic E-state index is 13.1. The van der Waals surface area contributed by atoms with Crippen LogP contribution in [0.1, 0.15) is 42.8 Å². The molecule has 0 aliphatic rings. The van der Waals surface area contributed by atoms with Gasteiger partial charge in [0.1, 0.15) is 5.82 Å². The van der Waals surface area contributed by atoms with E-state index < -0.39 is 0 Å². The Morgan fingerprint density at radius 1 is 1.04 bits per heavy atom. The zero-order valence-corrected chi connectivity index (χ0v) is 15.6. The van der Waals surface area contributed by atoms with Crippen LogP contribution in [-0.2, 0) is 12.3 Å². The third kappa shape index (κ3) is 4.71. The summed E-state index contributed by atoms with van der Waals surface area (Å²) in [5.41, 5.74) is 8.55. The third-order valence-electron chi connectivity index (χ3n) is 4.14. The summed E-state index contributed by atoms with van der Waals surface area (Å²) in [6.07, 6.45) is 1.87. The number of nitrogens with zero attached hydrogens (tertiary/aromatic N) is 3. The molecule has 1 unspecified atom stereocenters. The standard InChI is InChI=1S/C20H23FN4S/c1-2-6-18(22)19-23-24-20(25(19)13-15-7-4-3-5-8-15)26-14-16-9-11-17(21)12-10-16/h3-5,7-12,18H,2,6,13-14,22H2,1H3. The van der Waals surface area contributed by atoms with Gasteiger partial charge in [0.05, 0.1) is 12.6 Å². The molecule has 0 amide bonds. The average Bonchev–Trinajstić information content (AvgIpc) is 3.05. The molecule has 3 rings (SSSR count). The molecule has 0 saturated heterocycles. The Bertz CT molecular complexity index is 818. The van der Waals surface area contributed by atoms with Crippen molar-refractivity contribution < 1.29 is 4.39 Å². The molecule has 2 N–H and O–H groups in total. The minimum atomic E-state index is -0.223. The van der Waals surface area contributed by atoms with Crippen LogP contribution in [0.5, 0.6) is 0 Å². The molecule has 1 aromatic heterocycles. The summed E-state index contributed by atoms with van der Waals surface area (Å²) in [6.45, 7) is 2.80. The Balaban J connectivity index is 1.82. The molecule has 1 heterocycles. The van der Waals surface area contributed by atoms with Crippen molar-refractivity contribution >= 4 is 11.8 Å². The summed E-state index contributed by atoms with van der Waals surface area (Å²) >= 11 is 1.59. The van der Waals surface area contributed by atoms with Crippen molar-refractivity contribution in [3.05, 3.63) is 77.4 Å². The van der Waals surface area contributed by atoms with Crippen LogP contribution in [0, 0.1) is 5.82 Å². The second-order valence-electron chi connectivity index (χ2n) is 6.22. The molecule has 0 radical (unpaired) electrons. The van der Waals surface area contributed by atoms with Crippen LogP contribution in [0.4, 0.5) is 4.39 Å². The number of nitrogens with two attached hydrogens (primary N) is 1. The molecular weight excluding hydrogens is 347 g/mol. The molecule has 136 valence electrons. The molecule has 0 bridgehead atoms. The normalized spacial score (nSPS) is 12.3. The van der Waals surface area contributed by atoms with Gasteiger partial charge >= 0.3 is 0 Å². The quantitative estimate of drug-likeness (QED) is 0.591. The molecule has 0 spiro atoms. The fourth-order valence-electron chi connectivity index (χ4n) is 2.76. The molecule has 2 aromatic carbocycles. The molecule has 4 nitrogen and oxygen atoms in total. The highest BCUT2D eigenvalue weighted by molar-refractivity contribution is 7.98. The molecular formula is C20H23FN4S. The van der Waals surface area contributed by atoms with E-state index in [2.05, 4.69) is 33.8 Å². The lowest BCUT2D eigenvalue weighted by atomic mass is 10.1. The van der Waals surface area contributed by atoms with E-state index in [1.165, 1.54) is 17.7 Å². The van der Waals surface area contributed by atoms with Gasteiger partial charge in [-0.25, -0.2) is 4.39 Å². The van der Waals surface area contributed by atoms with E-state index in [4.69, 9.17) is 5.73 Å². The third-order valence-corrected chi connectivity index (χ3v) is 5.18. The van der Waals surface area contributed by atoms with Gasteiger partial charge in [0, 0.05) is 5.75 Å². The Kier molecular flexibility index (Phi) is 6.41. The maximum Gasteiger partial charge on any atom is 0.191 e. The van der Waals surface area contributed by atoms with E-state index in [9.17, 15) is 4.39 Å². The number of hydrogen-bond acceptors (Lipinski definition) is 4. The predicted octanol–water partition coefficient (Wildman–Crippen LogP) is 4.56. The number of benzene rings is 2. The summed E-state index contributed by atoms with van der Waals surface area (Å²) in [7, 11) is 0. The van der Waals surface area contributed by atoms with E-state index >= 15 is 0 Å². The highest BCUT2D eigenvalue weighted by Crippen LogP contribution is 2.26. The van der Waals surface area contributed by atoms with Crippen molar-refractivity contribution in [2.45, 2.75) is 43.3 Å². The average molecular weight is 370 g/mol.